The second kappa shape index (κ2) is 6.02. The Morgan fingerprint density at radius 2 is 2.26 bits per heavy atom. The van der Waals surface area contributed by atoms with Gasteiger partial charge in [-0.15, -0.1) is 11.3 Å². The number of fused-ring (bicyclic) bond motifs is 4. The summed E-state index contributed by atoms with van der Waals surface area (Å²) >= 11 is 1.44. The summed E-state index contributed by atoms with van der Waals surface area (Å²) in [5.41, 5.74) is 5.88. The topological polar surface area (TPSA) is 73.2 Å². The lowest BCUT2D eigenvalue weighted by atomic mass is 9.96. The molecular formula is C19H18N6OS. The summed E-state index contributed by atoms with van der Waals surface area (Å²) in [6.45, 7) is 0.468. The molecule has 1 amide bonds. The zero-order valence-electron chi connectivity index (χ0n) is 15.0. The fourth-order valence-corrected chi connectivity index (χ4v) is 4.76. The number of aliphatic imine (C=N–C) groups is 1. The van der Waals surface area contributed by atoms with E-state index in [-0.39, 0.29) is 17.9 Å². The van der Waals surface area contributed by atoms with E-state index < -0.39 is 0 Å². The van der Waals surface area contributed by atoms with Gasteiger partial charge in [-0.05, 0) is 18.2 Å². The Bertz CT molecular complexity index is 1060. The minimum Gasteiger partial charge on any atom is -0.377 e. The van der Waals surface area contributed by atoms with Crippen LogP contribution >= 0.6 is 11.3 Å². The van der Waals surface area contributed by atoms with E-state index in [2.05, 4.69) is 26.6 Å². The summed E-state index contributed by atoms with van der Waals surface area (Å²) in [5.74, 6) is 0.0922. The molecule has 7 nitrogen and oxygen atoms in total. The van der Waals surface area contributed by atoms with Crippen molar-refractivity contribution in [1.82, 2.24) is 15.3 Å². The Morgan fingerprint density at radius 1 is 1.37 bits per heavy atom. The lowest BCUT2D eigenvalue weighted by Crippen LogP contribution is -2.32. The molecule has 1 aliphatic carbocycles. The predicted octanol–water partition coefficient (Wildman–Crippen LogP) is 2.37. The van der Waals surface area contributed by atoms with E-state index in [1.807, 2.05) is 43.4 Å². The summed E-state index contributed by atoms with van der Waals surface area (Å²) in [6, 6.07) is 2.14. The Balaban J connectivity index is 1.60. The van der Waals surface area contributed by atoms with Crippen molar-refractivity contribution >= 4 is 45.7 Å². The molecule has 5 rings (SSSR count). The van der Waals surface area contributed by atoms with Gasteiger partial charge in [-0.25, -0.2) is 4.98 Å². The summed E-state index contributed by atoms with van der Waals surface area (Å²) in [5, 5.41) is 5.14. The highest BCUT2D eigenvalue weighted by Crippen LogP contribution is 2.38. The van der Waals surface area contributed by atoms with E-state index in [0.717, 1.165) is 27.2 Å². The third-order valence-corrected chi connectivity index (χ3v) is 6.14. The zero-order valence-corrected chi connectivity index (χ0v) is 15.8. The quantitative estimate of drug-likeness (QED) is 0.871. The molecule has 4 heterocycles. The lowest BCUT2D eigenvalue weighted by Gasteiger charge is -2.23. The first-order chi connectivity index (χ1) is 13.1. The van der Waals surface area contributed by atoms with Crippen LogP contribution in [0.25, 0.3) is 10.2 Å². The van der Waals surface area contributed by atoms with E-state index >= 15 is 0 Å². The Kier molecular flexibility index (Phi) is 3.61. The molecule has 2 unspecified atom stereocenters. The molecule has 27 heavy (non-hydrogen) atoms. The van der Waals surface area contributed by atoms with Crippen molar-refractivity contribution in [3.8, 4) is 0 Å². The molecule has 0 radical (unpaired) electrons. The highest BCUT2D eigenvalue weighted by Gasteiger charge is 2.31. The van der Waals surface area contributed by atoms with Gasteiger partial charge < -0.3 is 10.3 Å². The van der Waals surface area contributed by atoms with Crippen molar-refractivity contribution in [2.45, 2.75) is 12.6 Å². The molecular weight excluding hydrogens is 360 g/mol. The minimum absolute atomic E-state index is 0.0591. The van der Waals surface area contributed by atoms with E-state index in [9.17, 15) is 4.79 Å². The maximum absolute atomic E-state index is 13.4. The maximum Gasteiger partial charge on any atom is 0.274 e. The molecule has 136 valence electrons. The van der Waals surface area contributed by atoms with E-state index in [4.69, 9.17) is 0 Å². The monoisotopic (exact) mass is 378 g/mol. The Morgan fingerprint density at radius 3 is 3.11 bits per heavy atom. The van der Waals surface area contributed by atoms with Crippen LogP contribution in [0.3, 0.4) is 0 Å². The average molecular weight is 378 g/mol. The third-order valence-electron chi connectivity index (χ3n) is 5.01. The van der Waals surface area contributed by atoms with Crippen LogP contribution in [0.4, 0.5) is 5.69 Å². The Hall–Kier alpha value is -3.00. The van der Waals surface area contributed by atoms with Crippen LogP contribution in [0, 0.1) is 5.92 Å². The van der Waals surface area contributed by atoms with E-state index in [1.54, 1.807) is 17.4 Å². The molecule has 2 aromatic rings. The van der Waals surface area contributed by atoms with Crippen molar-refractivity contribution < 1.29 is 4.79 Å². The smallest absolute Gasteiger partial charge is 0.274 e. The molecule has 2 atom stereocenters. The van der Waals surface area contributed by atoms with Gasteiger partial charge in [0.25, 0.3) is 5.91 Å². The molecule has 0 spiro atoms. The molecule has 0 saturated heterocycles. The molecule has 2 aromatic heterocycles. The highest BCUT2D eigenvalue weighted by molar-refractivity contribution is 7.20. The molecule has 3 aliphatic rings. The first-order valence-electron chi connectivity index (χ1n) is 8.73. The number of hydrogen-bond acceptors (Lipinski definition) is 7. The van der Waals surface area contributed by atoms with E-state index in [1.165, 1.54) is 11.3 Å². The van der Waals surface area contributed by atoms with Crippen LogP contribution in [-0.2, 0) is 6.54 Å². The molecule has 2 aliphatic heterocycles. The van der Waals surface area contributed by atoms with Crippen molar-refractivity contribution in [1.29, 1.82) is 0 Å². The highest BCUT2D eigenvalue weighted by atomic mass is 32.1. The van der Waals surface area contributed by atoms with Gasteiger partial charge in [0.1, 0.15) is 9.71 Å². The van der Waals surface area contributed by atoms with Gasteiger partial charge in [-0.1, -0.05) is 6.08 Å². The van der Waals surface area contributed by atoms with E-state index in [0.29, 0.717) is 11.4 Å². The number of anilines is 1. The molecule has 0 saturated carbocycles. The van der Waals surface area contributed by atoms with Crippen LogP contribution < -0.4 is 10.3 Å². The van der Waals surface area contributed by atoms with Crippen LogP contribution in [0.15, 0.2) is 46.3 Å². The Labute approximate surface area is 160 Å². The number of allylic oxidation sites excluding steroid dienone is 1. The number of amides is 1. The standard InChI is InChI=1S/C19H18N6OS/c1-24(2)15-5-6-21-18-16(15)13-9-20-10-25(19(26)17(13)27-18)12-3-4-14-11(7-12)8-22-23-14/h3-8,10-11,14,23H,9H2,1-2H3. The van der Waals surface area contributed by atoms with Crippen molar-refractivity contribution in [2.24, 2.45) is 16.0 Å². The first kappa shape index (κ1) is 16.2. The van der Waals surface area contributed by atoms with Crippen molar-refractivity contribution in [3.05, 3.63) is 46.6 Å². The number of hydrazone groups is 1. The number of nitrogens with zero attached hydrogens (tertiary/aromatic N) is 5. The SMILES string of the molecule is CN(C)c1ccnc2sc3c(c12)CN=CN(C1=CC2C=NNC2C=C1)C3=O. The summed E-state index contributed by atoms with van der Waals surface area (Å²) in [4.78, 5) is 27.7. The number of carbonyl (C=O) groups is 1. The largest absolute Gasteiger partial charge is 0.377 e. The third kappa shape index (κ3) is 2.48. The number of hydrogen-bond donors (Lipinski definition) is 1. The summed E-state index contributed by atoms with van der Waals surface area (Å²) in [6.07, 6.45) is 11.3. The number of rotatable bonds is 2. The minimum atomic E-state index is -0.0591. The molecule has 8 heteroatoms. The number of nitrogens with one attached hydrogen (secondary N) is 1. The molecule has 1 N–H and O–H groups in total. The molecule has 0 bridgehead atoms. The van der Waals surface area contributed by atoms with Gasteiger partial charge in [0.15, 0.2) is 0 Å². The fourth-order valence-electron chi connectivity index (χ4n) is 3.65. The lowest BCUT2D eigenvalue weighted by molar-refractivity contribution is 0.0889. The van der Waals surface area contributed by atoms with Gasteiger partial charge in [0.2, 0.25) is 0 Å². The van der Waals surface area contributed by atoms with Crippen molar-refractivity contribution in [3.63, 3.8) is 0 Å². The fraction of sp³-hybridized carbons (Fsp3) is 0.263. The molecule has 0 aromatic carbocycles. The average Bonchev–Trinajstić information content (AvgIpc) is 3.24. The van der Waals surface area contributed by atoms with Gasteiger partial charge in [0, 0.05) is 54.8 Å². The number of aromatic nitrogens is 1. The van der Waals surface area contributed by atoms with Gasteiger partial charge >= 0.3 is 0 Å². The van der Waals surface area contributed by atoms with Crippen LogP contribution in [0.2, 0.25) is 0 Å². The van der Waals surface area contributed by atoms with Crippen LogP contribution in [0.5, 0.6) is 0 Å². The first-order valence-corrected chi connectivity index (χ1v) is 9.55. The molecule has 0 fully saturated rings. The maximum atomic E-state index is 13.4. The summed E-state index contributed by atoms with van der Waals surface area (Å²) < 4.78 is 0. The zero-order chi connectivity index (χ0) is 18.5. The summed E-state index contributed by atoms with van der Waals surface area (Å²) in [7, 11) is 4.00. The number of pyridine rings is 1. The second-order valence-electron chi connectivity index (χ2n) is 6.91. The van der Waals surface area contributed by atoms with Gasteiger partial charge in [-0.3, -0.25) is 14.7 Å². The number of carbonyl (C=O) groups excluding carboxylic acids is 1. The van der Waals surface area contributed by atoms with Crippen LogP contribution in [-0.4, -0.2) is 48.5 Å². The van der Waals surface area contributed by atoms with Gasteiger partial charge in [-0.2, -0.15) is 5.10 Å². The van der Waals surface area contributed by atoms with Gasteiger partial charge in [0.05, 0.1) is 18.9 Å². The van der Waals surface area contributed by atoms with Crippen molar-refractivity contribution in [2.75, 3.05) is 19.0 Å². The predicted molar refractivity (Wildman–Crippen MR) is 108 cm³/mol. The number of thiophene rings is 1. The normalized spacial score (nSPS) is 23.1. The second-order valence-corrected chi connectivity index (χ2v) is 7.91. The van der Waals surface area contributed by atoms with Crippen LogP contribution in [0.1, 0.15) is 15.2 Å².